The van der Waals surface area contributed by atoms with Crippen molar-refractivity contribution in [2.75, 3.05) is 26.3 Å². The van der Waals surface area contributed by atoms with E-state index >= 15 is 0 Å². The van der Waals surface area contributed by atoms with Gasteiger partial charge in [0, 0.05) is 19.1 Å². The van der Waals surface area contributed by atoms with Crippen LogP contribution in [0.1, 0.15) is 37.7 Å². The lowest BCUT2D eigenvalue weighted by Gasteiger charge is -2.28. The summed E-state index contributed by atoms with van der Waals surface area (Å²) in [5.74, 6) is 0.958. The Balaban J connectivity index is 1.70. The van der Waals surface area contributed by atoms with E-state index in [0.717, 1.165) is 31.9 Å². The number of aryl methyl sites for hydroxylation is 1. The van der Waals surface area contributed by atoms with Gasteiger partial charge in [-0.2, -0.15) is 0 Å². The Morgan fingerprint density at radius 1 is 1.25 bits per heavy atom. The molecule has 0 aromatic heterocycles. The van der Waals surface area contributed by atoms with Gasteiger partial charge in [0.05, 0.1) is 13.2 Å². The van der Waals surface area contributed by atoms with Crippen molar-refractivity contribution < 1.29 is 9.84 Å². The van der Waals surface area contributed by atoms with Crippen LogP contribution in [0.2, 0.25) is 0 Å². The van der Waals surface area contributed by atoms with Crippen LogP contribution in [0, 0.1) is 6.92 Å². The van der Waals surface area contributed by atoms with Gasteiger partial charge in [-0.25, -0.2) is 0 Å². The fourth-order valence-electron chi connectivity index (χ4n) is 3.04. The van der Waals surface area contributed by atoms with Gasteiger partial charge in [-0.15, -0.1) is 0 Å². The molecule has 0 amide bonds. The van der Waals surface area contributed by atoms with Gasteiger partial charge in [0.25, 0.3) is 0 Å². The molecule has 1 aromatic carbocycles. The summed E-state index contributed by atoms with van der Waals surface area (Å²) in [6.45, 7) is 4.91. The summed E-state index contributed by atoms with van der Waals surface area (Å²) in [4.78, 5) is 2.44. The summed E-state index contributed by atoms with van der Waals surface area (Å²) in [7, 11) is 0. The van der Waals surface area contributed by atoms with Crippen molar-refractivity contribution in [2.45, 2.75) is 45.1 Å². The van der Waals surface area contributed by atoms with Gasteiger partial charge in [-0.05, 0) is 43.9 Å². The third kappa shape index (κ3) is 4.80. The van der Waals surface area contributed by atoms with Crippen molar-refractivity contribution in [1.29, 1.82) is 0 Å². The monoisotopic (exact) mass is 277 g/mol. The molecular formula is C17H27NO2. The molecule has 3 heteroatoms. The lowest BCUT2D eigenvalue weighted by atomic mass is 10.2. The first kappa shape index (κ1) is 15.3. The summed E-state index contributed by atoms with van der Waals surface area (Å²) in [5.41, 5.74) is 1.23. The highest BCUT2D eigenvalue weighted by Crippen LogP contribution is 2.23. The largest absolute Gasteiger partial charge is 0.494 e. The van der Waals surface area contributed by atoms with Gasteiger partial charge in [0.15, 0.2) is 0 Å². The number of hydrogen-bond acceptors (Lipinski definition) is 3. The van der Waals surface area contributed by atoms with Crippen molar-refractivity contribution in [1.82, 2.24) is 4.90 Å². The van der Waals surface area contributed by atoms with Gasteiger partial charge in [-0.3, -0.25) is 4.90 Å². The molecule has 0 saturated heterocycles. The molecule has 1 aromatic rings. The van der Waals surface area contributed by atoms with Gasteiger partial charge >= 0.3 is 0 Å². The highest BCUT2D eigenvalue weighted by Gasteiger charge is 2.21. The third-order valence-corrected chi connectivity index (χ3v) is 4.08. The van der Waals surface area contributed by atoms with Gasteiger partial charge < -0.3 is 9.84 Å². The SMILES string of the molecule is Cc1cccc(OCCCN(CCO)C2CCCC2)c1. The van der Waals surface area contributed by atoms with E-state index in [2.05, 4.69) is 24.0 Å². The van der Waals surface area contributed by atoms with Crippen molar-refractivity contribution in [3.8, 4) is 5.75 Å². The van der Waals surface area contributed by atoms with Crippen LogP contribution >= 0.6 is 0 Å². The van der Waals surface area contributed by atoms with E-state index in [9.17, 15) is 5.11 Å². The first-order chi connectivity index (χ1) is 9.79. The zero-order valence-electron chi connectivity index (χ0n) is 12.6. The first-order valence-corrected chi connectivity index (χ1v) is 7.84. The minimum absolute atomic E-state index is 0.259. The summed E-state index contributed by atoms with van der Waals surface area (Å²) in [5, 5.41) is 9.19. The second-order valence-electron chi connectivity index (χ2n) is 5.72. The molecule has 1 aliphatic carbocycles. The summed E-state index contributed by atoms with van der Waals surface area (Å²) in [6, 6.07) is 8.87. The van der Waals surface area contributed by atoms with Crippen LogP contribution in [0.4, 0.5) is 0 Å². The fraction of sp³-hybridized carbons (Fsp3) is 0.647. The molecule has 2 rings (SSSR count). The Kier molecular flexibility index (Phi) is 6.34. The van der Waals surface area contributed by atoms with E-state index in [1.165, 1.54) is 31.2 Å². The average molecular weight is 277 g/mol. The Morgan fingerprint density at radius 3 is 2.75 bits per heavy atom. The van der Waals surface area contributed by atoms with Gasteiger partial charge in [0.2, 0.25) is 0 Å². The molecule has 1 saturated carbocycles. The number of ether oxygens (including phenoxy) is 1. The Bertz CT molecular complexity index is 388. The number of aliphatic hydroxyl groups excluding tert-OH is 1. The van der Waals surface area contributed by atoms with E-state index in [1.54, 1.807) is 0 Å². The highest BCUT2D eigenvalue weighted by molar-refractivity contribution is 5.27. The number of nitrogens with zero attached hydrogens (tertiary/aromatic N) is 1. The van der Waals surface area contributed by atoms with Crippen LogP contribution in [-0.4, -0.2) is 42.4 Å². The second-order valence-corrected chi connectivity index (χ2v) is 5.72. The maximum atomic E-state index is 9.19. The molecule has 0 atom stereocenters. The van der Waals surface area contributed by atoms with Crippen LogP contribution in [-0.2, 0) is 0 Å². The average Bonchev–Trinajstić information content (AvgIpc) is 2.96. The minimum Gasteiger partial charge on any atom is -0.494 e. The molecule has 0 radical (unpaired) electrons. The molecule has 3 nitrogen and oxygen atoms in total. The number of benzene rings is 1. The van der Waals surface area contributed by atoms with Crippen LogP contribution in [0.5, 0.6) is 5.75 Å². The molecule has 0 unspecified atom stereocenters. The standard InChI is InChI=1S/C17H27NO2/c1-15-6-4-9-17(14-15)20-13-5-10-18(11-12-19)16-7-2-3-8-16/h4,6,9,14,16,19H,2-3,5,7-8,10-13H2,1H3. The van der Waals surface area contributed by atoms with Crippen LogP contribution in [0.3, 0.4) is 0 Å². The molecule has 112 valence electrons. The van der Waals surface area contributed by atoms with E-state index in [4.69, 9.17) is 4.74 Å². The molecule has 0 aliphatic heterocycles. The lowest BCUT2D eigenvalue weighted by molar-refractivity contribution is 0.142. The van der Waals surface area contributed by atoms with Crippen molar-refractivity contribution in [2.24, 2.45) is 0 Å². The van der Waals surface area contributed by atoms with E-state index in [0.29, 0.717) is 6.04 Å². The minimum atomic E-state index is 0.259. The number of aliphatic hydroxyl groups is 1. The second kappa shape index (κ2) is 8.28. The predicted octanol–water partition coefficient (Wildman–Crippen LogP) is 3.00. The lowest BCUT2D eigenvalue weighted by Crippen LogP contribution is -2.36. The van der Waals surface area contributed by atoms with Crippen LogP contribution < -0.4 is 4.74 Å². The Labute approximate surface area is 122 Å². The quantitative estimate of drug-likeness (QED) is 0.741. The van der Waals surface area contributed by atoms with Gasteiger partial charge in [0.1, 0.15) is 5.75 Å². The van der Waals surface area contributed by atoms with E-state index in [-0.39, 0.29) is 6.61 Å². The summed E-state index contributed by atoms with van der Waals surface area (Å²) in [6.07, 6.45) is 6.28. The van der Waals surface area contributed by atoms with Crippen molar-refractivity contribution in [3.05, 3.63) is 29.8 Å². The summed E-state index contributed by atoms with van der Waals surface area (Å²) >= 11 is 0. The zero-order chi connectivity index (χ0) is 14.2. The molecule has 1 fully saturated rings. The van der Waals surface area contributed by atoms with Crippen LogP contribution in [0.25, 0.3) is 0 Å². The maximum absolute atomic E-state index is 9.19. The molecule has 1 aliphatic rings. The maximum Gasteiger partial charge on any atom is 0.119 e. The Hall–Kier alpha value is -1.06. The molecule has 1 N–H and O–H groups in total. The first-order valence-electron chi connectivity index (χ1n) is 7.84. The topological polar surface area (TPSA) is 32.7 Å². The van der Waals surface area contributed by atoms with Gasteiger partial charge in [-0.1, -0.05) is 25.0 Å². The molecule has 0 bridgehead atoms. The Morgan fingerprint density at radius 2 is 2.05 bits per heavy atom. The molecule has 20 heavy (non-hydrogen) atoms. The van der Waals surface area contributed by atoms with Crippen molar-refractivity contribution in [3.63, 3.8) is 0 Å². The molecular weight excluding hydrogens is 250 g/mol. The van der Waals surface area contributed by atoms with E-state index in [1.807, 2.05) is 12.1 Å². The normalized spacial score (nSPS) is 15.9. The predicted molar refractivity (Wildman–Crippen MR) is 82.2 cm³/mol. The smallest absolute Gasteiger partial charge is 0.119 e. The zero-order valence-corrected chi connectivity index (χ0v) is 12.6. The molecule has 0 spiro atoms. The third-order valence-electron chi connectivity index (χ3n) is 4.08. The fourth-order valence-corrected chi connectivity index (χ4v) is 3.04. The number of rotatable bonds is 8. The van der Waals surface area contributed by atoms with Crippen LogP contribution in [0.15, 0.2) is 24.3 Å². The number of hydrogen-bond donors (Lipinski definition) is 1. The summed E-state index contributed by atoms with van der Waals surface area (Å²) < 4.78 is 5.79. The highest BCUT2D eigenvalue weighted by atomic mass is 16.5. The molecule has 0 heterocycles. The van der Waals surface area contributed by atoms with Crippen molar-refractivity contribution >= 4 is 0 Å². The van der Waals surface area contributed by atoms with E-state index < -0.39 is 0 Å².